The summed E-state index contributed by atoms with van der Waals surface area (Å²) < 4.78 is 0. The monoisotopic (exact) mass is 303 g/mol. The van der Waals surface area contributed by atoms with Crippen molar-refractivity contribution in [3.8, 4) is 0 Å². The molecule has 0 spiro atoms. The Morgan fingerprint density at radius 1 is 1.24 bits per heavy atom. The van der Waals surface area contributed by atoms with E-state index in [9.17, 15) is 9.90 Å². The lowest BCUT2D eigenvalue weighted by Crippen LogP contribution is -2.28. The predicted molar refractivity (Wildman–Crippen MR) is 84.7 cm³/mol. The van der Waals surface area contributed by atoms with Crippen molar-refractivity contribution in [1.29, 1.82) is 0 Å². The second-order valence-corrected chi connectivity index (χ2v) is 5.45. The second-order valence-electron chi connectivity index (χ2n) is 5.08. The average molecular weight is 304 g/mol. The molecule has 2 aromatic carbocycles. The van der Waals surface area contributed by atoms with E-state index in [0.717, 1.165) is 16.7 Å². The fourth-order valence-corrected chi connectivity index (χ4v) is 2.31. The summed E-state index contributed by atoms with van der Waals surface area (Å²) in [5, 5.41) is 13.3. The summed E-state index contributed by atoms with van der Waals surface area (Å²) in [5.41, 5.74) is 3.13. The average Bonchev–Trinajstić information content (AvgIpc) is 2.47. The molecule has 0 bridgehead atoms. The first-order valence-corrected chi connectivity index (χ1v) is 7.15. The molecule has 21 heavy (non-hydrogen) atoms. The lowest BCUT2D eigenvalue weighted by molar-refractivity contribution is 0.0916. The summed E-state index contributed by atoms with van der Waals surface area (Å²) in [6.45, 7) is 3.95. The van der Waals surface area contributed by atoms with Crippen molar-refractivity contribution in [2.24, 2.45) is 0 Å². The number of carbonyl (C=O) groups is 1. The van der Waals surface area contributed by atoms with Crippen LogP contribution in [0.25, 0.3) is 0 Å². The number of hydrogen-bond acceptors (Lipinski definition) is 2. The van der Waals surface area contributed by atoms with Crippen molar-refractivity contribution in [3.05, 3.63) is 69.7 Å². The number of nitrogens with one attached hydrogen (secondary N) is 1. The van der Waals surface area contributed by atoms with Gasteiger partial charge in [0.05, 0.1) is 16.7 Å². The summed E-state index contributed by atoms with van der Waals surface area (Å²) in [6, 6.07) is 12.9. The first kappa shape index (κ1) is 15.5. The maximum Gasteiger partial charge on any atom is 0.252 e. The van der Waals surface area contributed by atoms with Crippen LogP contribution < -0.4 is 5.32 Å². The van der Waals surface area contributed by atoms with Gasteiger partial charge in [0, 0.05) is 6.54 Å². The van der Waals surface area contributed by atoms with Gasteiger partial charge in [0.1, 0.15) is 0 Å². The molecule has 0 aliphatic rings. The van der Waals surface area contributed by atoms with E-state index in [-0.39, 0.29) is 12.5 Å². The minimum atomic E-state index is -0.738. The molecule has 0 fully saturated rings. The highest BCUT2D eigenvalue weighted by Crippen LogP contribution is 2.20. The van der Waals surface area contributed by atoms with Gasteiger partial charge in [-0.25, -0.2) is 0 Å². The maximum atomic E-state index is 12.1. The van der Waals surface area contributed by atoms with Crippen molar-refractivity contribution in [2.75, 3.05) is 6.54 Å². The zero-order valence-corrected chi connectivity index (χ0v) is 12.8. The van der Waals surface area contributed by atoms with Crippen LogP contribution in [0.5, 0.6) is 0 Å². The molecule has 0 heterocycles. The van der Waals surface area contributed by atoms with Gasteiger partial charge < -0.3 is 10.4 Å². The van der Waals surface area contributed by atoms with E-state index in [1.165, 1.54) is 0 Å². The topological polar surface area (TPSA) is 49.3 Å². The van der Waals surface area contributed by atoms with Crippen LogP contribution in [0.15, 0.2) is 42.5 Å². The Labute approximate surface area is 129 Å². The number of carbonyl (C=O) groups excluding carboxylic acids is 1. The van der Waals surface area contributed by atoms with Gasteiger partial charge in [0.2, 0.25) is 0 Å². The Hall–Kier alpha value is -1.84. The summed E-state index contributed by atoms with van der Waals surface area (Å²) >= 11 is 6.12. The Morgan fingerprint density at radius 3 is 2.67 bits per heavy atom. The summed E-state index contributed by atoms with van der Waals surface area (Å²) in [7, 11) is 0. The van der Waals surface area contributed by atoms with Crippen molar-refractivity contribution < 1.29 is 9.90 Å². The third-order valence-electron chi connectivity index (χ3n) is 3.32. The van der Waals surface area contributed by atoms with E-state index >= 15 is 0 Å². The molecule has 2 rings (SSSR count). The van der Waals surface area contributed by atoms with Crippen LogP contribution in [0, 0.1) is 13.8 Å². The van der Waals surface area contributed by atoms with E-state index < -0.39 is 6.10 Å². The Balaban J connectivity index is 2.02. The standard InChI is InChI=1S/C17H18ClNO2/c1-11-5-3-7-13(9-11)15(20)10-19-17(21)14-8-4-6-12(2)16(14)18/h3-9,15,20H,10H2,1-2H3,(H,19,21). The molecular formula is C17H18ClNO2. The number of aliphatic hydroxyl groups excluding tert-OH is 1. The van der Waals surface area contributed by atoms with Crippen LogP contribution >= 0.6 is 11.6 Å². The molecule has 2 aromatic rings. The predicted octanol–water partition coefficient (Wildman–Crippen LogP) is 3.42. The molecule has 110 valence electrons. The molecule has 2 N–H and O–H groups in total. The second kappa shape index (κ2) is 6.74. The summed E-state index contributed by atoms with van der Waals surface area (Å²) in [4.78, 5) is 12.1. The highest BCUT2D eigenvalue weighted by atomic mass is 35.5. The lowest BCUT2D eigenvalue weighted by Gasteiger charge is -2.13. The number of aliphatic hydroxyl groups is 1. The first-order valence-electron chi connectivity index (χ1n) is 6.77. The molecule has 3 nitrogen and oxygen atoms in total. The molecule has 4 heteroatoms. The molecule has 0 aromatic heterocycles. The SMILES string of the molecule is Cc1cccc(C(O)CNC(=O)c2cccc(C)c2Cl)c1. The number of halogens is 1. The van der Waals surface area contributed by atoms with Crippen molar-refractivity contribution in [2.45, 2.75) is 20.0 Å². The number of aryl methyl sites for hydroxylation is 2. The van der Waals surface area contributed by atoms with E-state index in [1.54, 1.807) is 12.1 Å². The van der Waals surface area contributed by atoms with Crippen LogP contribution in [0.3, 0.4) is 0 Å². The quantitative estimate of drug-likeness (QED) is 0.909. The smallest absolute Gasteiger partial charge is 0.252 e. The minimum Gasteiger partial charge on any atom is -0.387 e. The van der Waals surface area contributed by atoms with Crippen LogP contribution in [0.1, 0.15) is 33.2 Å². The van der Waals surface area contributed by atoms with Crippen molar-refractivity contribution in [1.82, 2.24) is 5.32 Å². The van der Waals surface area contributed by atoms with Gasteiger partial charge in [-0.3, -0.25) is 4.79 Å². The number of benzene rings is 2. The van der Waals surface area contributed by atoms with Gasteiger partial charge >= 0.3 is 0 Å². The number of hydrogen-bond donors (Lipinski definition) is 2. The Bertz CT molecular complexity index is 655. The Kier molecular flexibility index (Phi) is 4.99. The number of rotatable bonds is 4. The van der Waals surface area contributed by atoms with Gasteiger partial charge in [0.25, 0.3) is 5.91 Å². The van der Waals surface area contributed by atoms with Gasteiger partial charge in [0.15, 0.2) is 0 Å². The molecule has 1 atom stereocenters. The van der Waals surface area contributed by atoms with E-state index in [4.69, 9.17) is 11.6 Å². The third-order valence-corrected chi connectivity index (χ3v) is 3.82. The van der Waals surface area contributed by atoms with Crippen LogP contribution in [-0.4, -0.2) is 17.6 Å². The van der Waals surface area contributed by atoms with E-state index in [0.29, 0.717) is 10.6 Å². The van der Waals surface area contributed by atoms with Gasteiger partial charge in [-0.2, -0.15) is 0 Å². The van der Waals surface area contributed by atoms with Gasteiger partial charge in [-0.05, 0) is 31.0 Å². The molecule has 0 radical (unpaired) electrons. The van der Waals surface area contributed by atoms with Crippen molar-refractivity contribution >= 4 is 17.5 Å². The minimum absolute atomic E-state index is 0.145. The molecular weight excluding hydrogens is 286 g/mol. The largest absolute Gasteiger partial charge is 0.387 e. The van der Waals surface area contributed by atoms with Crippen molar-refractivity contribution in [3.63, 3.8) is 0 Å². The summed E-state index contributed by atoms with van der Waals surface area (Å²) in [6.07, 6.45) is -0.738. The Morgan fingerprint density at radius 2 is 1.95 bits per heavy atom. The third kappa shape index (κ3) is 3.84. The van der Waals surface area contributed by atoms with E-state index in [2.05, 4.69) is 5.32 Å². The van der Waals surface area contributed by atoms with Crippen LogP contribution in [0.4, 0.5) is 0 Å². The number of amides is 1. The van der Waals surface area contributed by atoms with E-state index in [1.807, 2.05) is 44.2 Å². The van der Waals surface area contributed by atoms with Gasteiger partial charge in [-0.15, -0.1) is 0 Å². The lowest BCUT2D eigenvalue weighted by atomic mass is 10.1. The molecule has 0 aliphatic heterocycles. The molecule has 0 saturated heterocycles. The normalized spacial score (nSPS) is 12.0. The fourth-order valence-electron chi connectivity index (χ4n) is 2.10. The van der Waals surface area contributed by atoms with Crippen LogP contribution in [0.2, 0.25) is 5.02 Å². The highest BCUT2D eigenvalue weighted by molar-refractivity contribution is 6.34. The van der Waals surface area contributed by atoms with Gasteiger partial charge in [-0.1, -0.05) is 53.6 Å². The molecule has 1 amide bonds. The zero-order valence-electron chi connectivity index (χ0n) is 12.1. The summed E-state index contributed by atoms with van der Waals surface area (Å²) in [5.74, 6) is -0.282. The molecule has 1 unspecified atom stereocenters. The molecule has 0 saturated carbocycles. The van der Waals surface area contributed by atoms with Crippen LogP contribution in [-0.2, 0) is 0 Å². The zero-order chi connectivity index (χ0) is 15.4. The highest BCUT2D eigenvalue weighted by Gasteiger charge is 2.14. The maximum absolute atomic E-state index is 12.1. The molecule has 0 aliphatic carbocycles. The first-order chi connectivity index (χ1) is 9.99. The fraction of sp³-hybridized carbons (Fsp3) is 0.235.